The molecule has 0 bridgehead atoms. The summed E-state index contributed by atoms with van der Waals surface area (Å²) in [6.07, 6.45) is 10.9. The molecular weight excluding hydrogens is 422 g/mol. The van der Waals surface area contributed by atoms with Crippen molar-refractivity contribution in [1.82, 2.24) is 19.9 Å². The molecule has 1 saturated heterocycles. The number of nitrogens with two attached hydrogens (primary N) is 1. The Morgan fingerprint density at radius 1 is 0.971 bits per heavy atom. The Morgan fingerprint density at radius 3 is 2.59 bits per heavy atom. The summed E-state index contributed by atoms with van der Waals surface area (Å²) in [6, 6.07) is 14.7. The predicted molar refractivity (Wildman–Crippen MR) is 140 cm³/mol. The van der Waals surface area contributed by atoms with Crippen LogP contribution < -0.4 is 16.4 Å². The van der Waals surface area contributed by atoms with Gasteiger partial charge in [-0.3, -0.25) is 0 Å². The predicted octanol–water partition coefficient (Wildman–Crippen LogP) is 5.02. The van der Waals surface area contributed by atoms with E-state index in [-0.39, 0.29) is 0 Å². The van der Waals surface area contributed by atoms with E-state index in [1.54, 1.807) is 6.20 Å². The van der Waals surface area contributed by atoms with Gasteiger partial charge in [-0.2, -0.15) is 0 Å². The minimum atomic E-state index is 0.584. The lowest BCUT2D eigenvalue weighted by Crippen LogP contribution is -2.20. The summed E-state index contributed by atoms with van der Waals surface area (Å²) in [4.78, 5) is 16.0. The molecule has 0 radical (unpaired) electrons. The molecule has 7 heteroatoms. The van der Waals surface area contributed by atoms with Gasteiger partial charge < -0.3 is 21.3 Å². The maximum absolute atomic E-state index is 5.54. The maximum atomic E-state index is 5.54. The minimum absolute atomic E-state index is 0.584. The fourth-order valence-electron chi connectivity index (χ4n) is 4.49. The van der Waals surface area contributed by atoms with Gasteiger partial charge in [0, 0.05) is 30.2 Å². The van der Waals surface area contributed by atoms with Crippen molar-refractivity contribution in [2.45, 2.75) is 44.4 Å². The Morgan fingerprint density at radius 2 is 1.79 bits per heavy atom. The van der Waals surface area contributed by atoms with Gasteiger partial charge in [0.15, 0.2) is 0 Å². The van der Waals surface area contributed by atoms with Gasteiger partial charge in [0.1, 0.15) is 5.82 Å². The summed E-state index contributed by atoms with van der Waals surface area (Å²) in [6.45, 7) is 3.91. The zero-order valence-electron chi connectivity index (χ0n) is 20.2. The Labute approximate surface area is 203 Å². The van der Waals surface area contributed by atoms with Crippen molar-refractivity contribution in [1.29, 1.82) is 0 Å². The monoisotopic (exact) mass is 459 g/mol. The molecule has 1 aliphatic heterocycles. The first kappa shape index (κ1) is 24.1. The number of aromatic nitrogens is 3. The molecule has 180 valence electrons. The summed E-state index contributed by atoms with van der Waals surface area (Å²) in [7, 11) is 2.24. The molecule has 1 unspecified atom stereocenters. The van der Waals surface area contributed by atoms with Crippen LogP contribution in [0.2, 0.25) is 0 Å². The lowest BCUT2D eigenvalue weighted by atomic mass is 9.89. The largest absolute Gasteiger partial charge is 0.370 e. The first-order valence-electron chi connectivity index (χ1n) is 12.5. The Hall–Kier alpha value is -3.03. The molecular formula is C27H37N7. The van der Waals surface area contributed by atoms with Crippen LogP contribution in [0.5, 0.6) is 0 Å². The second kappa shape index (κ2) is 12.4. The molecule has 34 heavy (non-hydrogen) atoms. The topological polar surface area (TPSA) is 92.0 Å². The smallest absolute Gasteiger partial charge is 0.227 e. The van der Waals surface area contributed by atoms with Crippen LogP contribution in [0, 0.1) is 0 Å². The first-order valence-corrected chi connectivity index (χ1v) is 12.5. The number of benzene rings is 1. The van der Waals surface area contributed by atoms with E-state index in [1.807, 2.05) is 24.4 Å². The van der Waals surface area contributed by atoms with Crippen LogP contribution in [0.3, 0.4) is 0 Å². The van der Waals surface area contributed by atoms with Crippen LogP contribution in [-0.2, 0) is 0 Å². The normalized spacial score (nSPS) is 17.4. The highest BCUT2D eigenvalue weighted by atomic mass is 15.1. The van der Waals surface area contributed by atoms with Gasteiger partial charge in [0.25, 0.3) is 0 Å². The number of anilines is 3. The zero-order chi connectivity index (χ0) is 23.6. The molecule has 0 saturated carbocycles. The molecule has 3 heterocycles. The Balaban J connectivity index is 1.38. The van der Waals surface area contributed by atoms with Crippen molar-refractivity contribution in [3.8, 4) is 11.3 Å². The Bertz CT molecular complexity index is 1000. The highest BCUT2D eigenvalue weighted by Gasteiger charge is 2.14. The lowest BCUT2D eigenvalue weighted by molar-refractivity contribution is 0.326. The average Bonchev–Trinajstić information content (AvgIpc) is 2.97. The van der Waals surface area contributed by atoms with E-state index in [0.29, 0.717) is 18.4 Å². The molecule has 1 fully saturated rings. The summed E-state index contributed by atoms with van der Waals surface area (Å²) in [5.41, 5.74) is 9.78. The van der Waals surface area contributed by atoms with Gasteiger partial charge in [-0.15, -0.1) is 0 Å². The van der Waals surface area contributed by atoms with Gasteiger partial charge in [-0.05, 0) is 101 Å². The molecule has 0 aliphatic carbocycles. The number of hydrogen-bond donors (Lipinski definition) is 3. The van der Waals surface area contributed by atoms with E-state index in [0.717, 1.165) is 35.7 Å². The fraction of sp³-hybridized carbons (Fsp3) is 0.444. The fourth-order valence-corrected chi connectivity index (χ4v) is 4.49. The minimum Gasteiger partial charge on any atom is -0.370 e. The third kappa shape index (κ3) is 6.98. The maximum Gasteiger partial charge on any atom is 0.227 e. The third-order valence-corrected chi connectivity index (χ3v) is 6.47. The number of pyridine rings is 1. The first-order chi connectivity index (χ1) is 16.7. The average molecular weight is 460 g/mol. The molecule has 0 spiro atoms. The van der Waals surface area contributed by atoms with Crippen LogP contribution in [0.4, 0.5) is 17.5 Å². The van der Waals surface area contributed by atoms with Crippen molar-refractivity contribution in [2.75, 3.05) is 43.9 Å². The van der Waals surface area contributed by atoms with Crippen molar-refractivity contribution >= 4 is 17.5 Å². The van der Waals surface area contributed by atoms with Gasteiger partial charge in [-0.25, -0.2) is 15.0 Å². The number of hydrogen-bond acceptors (Lipinski definition) is 7. The van der Waals surface area contributed by atoms with Crippen molar-refractivity contribution < 1.29 is 0 Å². The number of nitrogens with zero attached hydrogens (tertiary/aromatic N) is 4. The van der Waals surface area contributed by atoms with Gasteiger partial charge in [0.2, 0.25) is 5.95 Å². The zero-order valence-corrected chi connectivity index (χ0v) is 20.2. The highest BCUT2D eigenvalue weighted by molar-refractivity contribution is 5.62. The lowest BCUT2D eigenvalue weighted by Gasteiger charge is -2.17. The molecule has 7 nitrogen and oxygen atoms in total. The second-order valence-corrected chi connectivity index (χ2v) is 9.15. The second-order valence-electron chi connectivity index (χ2n) is 9.15. The van der Waals surface area contributed by atoms with Gasteiger partial charge >= 0.3 is 0 Å². The third-order valence-electron chi connectivity index (χ3n) is 6.47. The van der Waals surface area contributed by atoms with E-state index in [2.05, 4.69) is 56.8 Å². The quantitative estimate of drug-likeness (QED) is 0.407. The summed E-state index contributed by atoms with van der Waals surface area (Å²) in [5.74, 6) is 2.08. The van der Waals surface area contributed by atoms with Crippen molar-refractivity contribution in [3.63, 3.8) is 0 Å². The molecule has 2 aromatic heterocycles. The van der Waals surface area contributed by atoms with E-state index in [9.17, 15) is 0 Å². The summed E-state index contributed by atoms with van der Waals surface area (Å²) in [5, 5.41) is 6.62. The van der Waals surface area contributed by atoms with E-state index in [4.69, 9.17) is 10.7 Å². The van der Waals surface area contributed by atoms with E-state index < -0.39 is 0 Å². The molecule has 1 aliphatic rings. The molecule has 1 aromatic carbocycles. The summed E-state index contributed by atoms with van der Waals surface area (Å²) < 4.78 is 0. The van der Waals surface area contributed by atoms with Gasteiger partial charge in [-0.1, -0.05) is 18.6 Å². The van der Waals surface area contributed by atoms with Crippen LogP contribution in [0.1, 0.15) is 50.0 Å². The molecule has 4 N–H and O–H groups in total. The van der Waals surface area contributed by atoms with Crippen LogP contribution >= 0.6 is 0 Å². The standard InChI is InChI=1S/C27H37N7/c1-34-18-3-2-6-21(7-4-19-34)22-8-11-24(12-9-22)32-27-30-17-14-25(33-27)23-10-13-26(31-20-23)29-16-5-15-28/h8-14,17,20-21H,2-7,15-16,18-19,28H2,1H3,(H,29,31)(H,30,32,33). The number of nitrogens with one attached hydrogen (secondary N) is 2. The van der Waals surface area contributed by atoms with Crippen molar-refractivity contribution in [3.05, 3.63) is 60.4 Å². The van der Waals surface area contributed by atoms with Crippen molar-refractivity contribution in [2.24, 2.45) is 5.73 Å². The SMILES string of the molecule is CN1CCCCC(c2ccc(Nc3nccc(-c4ccc(NCCCN)nc4)n3)cc2)CCC1. The van der Waals surface area contributed by atoms with Crippen LogP contribution in [0.15, 0.2) is 54.9 Å². The van der Waals surface area contributed by atoms with E-state index in [1.165, 1.54) is 50.8 Å². The molecule has 3 aromatic rings. The Kier molecular flexibility index (Phi) is 8.82. The van der Waals surface area contributed by atoms with Gasteiger partial charge in [0.05, 0.1) is 5.69 Å². The molecule has 0 amide bonds. The molecule has 4 rings (SSSR count). The summed E-state index contributed by atoms with van der Waals surface area (Å²) >= 11 is 0. The number of rotatable bonds is 8. The van der Waals surface area contributed by atoms with Crippen LogP contribution in [0.25, 0.3) is 11.3 Å². The highest BCUT2D eigenvalue weighted by Crippen LogP contribution is 2.29. The van der Waals surface area contributed by atoms with Crippen LogP contribution in [-0.4, -0.2) is 53.1 Å². The van der Waals surface area contributed by atoms with E-state index >= 15 is 0 Å². The molecule has 1 atom stereocenters.